The maximum absolute atomic E-state index is 8.49. The summed E-state index contributed by atoms with van der Waals surface area (Å²) in [6.45, 7) is 2.14. The monoisotopic (exact) mass is 266 g/mol. The molecule has 0 unspecified atom stereocenters. The molecule has 0 amide bonds. The largest absolute Gasteiger partial charge is 0.222 e. The minimum absolute atomic E-state index is 1.38. The SMILES string of the molecule is Cc1cc2sccc2c[s+]1.[O-][Cl+3]([O-])([O-])[O-]. The van der Waals surface area contributed by atoms with Crippen molar-refractivity contribution in [2.75, 3.05) is 0 Å². The van der Waals surface area contributed by atoms with E-state index in [1.165, 1.54) is 15.0 Å². The minimum atomic E-state index is -4.94. The predicted molar refractivity (Wildman–Crippen MR) is 48.8 cm³/mol. The molecule has 7 heteroatoms. The van der Waals surface area contributed by atoms with Crippen LogP contribution in [0.4, 0.5) is 0 Å². The van der Waals surface area contributed by atoms with Gasteiger partial charge >= 0.3 is 0 Å². The van der Waals surface area contributed by atoms with Crippen LogP contribution in [0.25, 0.3) is 10.1 Å². The van der Waals surface area contributed by atoms with Gasteiger partial charge in [0.15, 0.2) is 0 Å². The fourth-order valence-corrected chi connectivity index (χ4v) is 2.64. The van der Waals surface area contributed by atoms with Crippen LogP contribution >= 0.6 is 22.7 Å². The van der Waals surface area contributed by atoms with Crippen LogP contribution in [-0.4, -0.2) is 0 Å². The van der Waals surface area contributed by atoms with Crippen molar-refractivity contribution >= 4 is 32.8 Å². The Morgan fingerprint density at radius 1 is 1.27 bits per heavy atom. The van der Waals surface area contributed by atoms with Crippen LogP contribution in [-0.2, 0) is 0 Å². The molecule has 0 aromatic carbocycles. The van der Waals surface area contributed by atoms with Crippen molar-refractivity contribution in [3.05, 3.63) is 27.8 Å². The quantitative estimate of drug-likeness (QED) is 0.560. The molecule has 0 fully saturated rings. The fraction of sp³-hybridized carbons (Fsp3) is 0.125. The Labute approximate surface area is 96.4 Å². The van der Waals surface area contributed by atoms with Gasteiger partial charge in [-0.05, 0) is 11.4 Å². The summed E-state index contributed by atoms with van der Waals surface area (Å²) in [5, 5.41) is 5.72. The molecule has 0 spiro atoms. The van der Waals surface area contributed by atoms with Crippen molar-refractivity contribution in [3.8, 4) is 0 Å². The Morgan fingerprint density at radius 3 is 2.47 bits per heavy atom. The molecule has 4 nitrogen and oxygen atoms in total. The standard InChI is InChI=1S/C8H7S2.ClHO4/c1-6-4-8-7(5-10-6)2-3-9-8;2-1(3,4)5/h2-5H,1H3;(H,2,3,4,5)/q+1;/p-1. The van der Waals surface area contributed by atoms with Crippen molar-refractivity contribution < 1.29 is 28.9 Å². The van der Waals surface area contributed by atoms with Crippen molar-refractivity contribution in [2.24, 2.45) is 0 Å². The Kier molecular flexibility index (Phi) is 4.35. The summed E-state index contributed by atoms with van der Waals surface area (Å²) in [4.78, 5) is 1.38. The second kappa shape index (κ2) is 5.13. The Hall–Kier alpha value is -0.340. The maximum Gasteiger partial charge on any atom is 0.215 e. The average molecular weight is 267 g/mol. The molecular formula is C8H7ClO4S2. The van der Waals surface area contributed by atoms with Crippen LogP contribution in [0.5, 0.6) is 0 Å². The number of hydrogen-bond acceptors (Lipinski definition) is 5. The molecule has 2 rings (SSSR count). The van der Waals surface area contributed by atoms with Crippen molar-refractivity contribution in [1.82, 2.24) is 0 Å². The molecule has 15 heavy (non-hydrogen) atoms. The summed E-state index contributed by atoms with van der Waals surface area (Å²) in [7, 11) is -4.94. The van der Waals surface area contributed by atoms with E-state index >= 15 is 0 Å². The van der Waals surface area contributed by atoms with Crippen molar-refractivity contribution in [1.29, 1.82) is 0 Å². The molecular weight excluding hydrogens is 260 g/mol. The number of rotatable bonds is 0. The third kappa shape index (κ3) is 5.33. The maximum atomic E-state index is 8.49. The van der Waals surface area contributed by atoms with Crippen LogP contribution in [0.2, 0.25) is 0 Å². The van der Waals surface area contributed by atoms with Crippen LogP contribution < -0.4 is 18.6 Å². The number of aryl methyl sites for hydroxylation is 1. The van der Waals surface area contributed by atoms with E-state index in [-0.39, 0.29) is 0 Å². The highest BCUT2D eigenvalue weighted by molar-refractivity contribution is 7.18. The summed E-state index contributed by atoms with van der Waals surface area (Å²) in [5.41, 5.74) is 0. The van der Waals surface area contributed by atoms with Gasteiger partial charge in [0.25, 0.3) is 0 Å². The van der Waals surface area contributed by atoms with E-state index in [1.54, 1.807) is 0 Å². The van der Waals surface area contributed by atoms with Gasteiger partial charge < -0.3 is 0 Å². The summed E-state index contributed by atoms with van der Waals surface area (Å²) >= 11 is 3.62. The molecule has 0 aliphatic rings. The smallest absolute Gasteiger partial charge is 0.215 e. The lowest BCUT2D eigenvalue weighted by Crippen LogP contribution is -2.68. The second-order valence-corrected chi connectivity index (χ2v) is 5.43. The van der Waals surface area contributed by atoms with Gasteiger partial charge in [-0.2, -0.15) is 0 Å². The molecule has 2 aromatic heterocycles. The first kappa shape index (κ1) is 12.7. The third-order valence-corrected chi connectivity index (χ3v) is 3.17. The molecule has 0 atom stereocenters. The van der Waals surface area contributed by atoms with E-state index in [9.17, 15) is 0 Å². The first-order valence-electron chi connectivity index (χ1n) is 3.73. The lowest BCUT2D eigenvalue weighted by Gasteiger charge is -2.17. The van der Waals surface area contributed by atoms with Crippen molar-refractivity contribution in [2.45, 2.75) is 6.92 Å². The fourth-order valence-electron chi connectivity index (χ4n) is 0.921. The van der Waals surface area contributed by atoms with E-state index in [0.29, 0.717) is 0 Å². The Balaban J connectivity index is 0.000000195. The van der Waals surface area contributed by atoms with Gasteiger partial charge in [0, 0.05) is 17.7 Å². The Morgan fingerprint density at radius 2 is 1.87 bits per heavy atom. The summed E-state index contributed by atoms with van der Waals surface area (Å²) < 4.78 is 35.4. The van der Waals surface area contributed by atoms with Crippen LogP contribution in [0.3, 0.4) is 0 Å². The van der Waals surface area contributed by atoms with E-state index < -0.39 is 10.2 Å². The lowest BCUT2D eigenvalue weighted by atomic mass is 10.4. The molecule has 2 heterocycles. The topological polar surface area (TPSA) is 92.2 Å². The van der Waals surface area contributed by atoms with Gasteiger partial charge in [0.05, 0.1) is 5.39 Å². The molecule has 0 aliphatic carbocycles. The van der Waals surface area contributed by atoms with Gasteiger partial charge in [0.2, 0.25) is 21.6 Å². The summed E-state index contributed by atoms with van der Waals surface area (Å²) in [6.07, 6.45) is 0. The highest BCUT2D eigenvalue weighted by atomic mass is 35.7. The van der Waals surface area contributed by atoms with E-state index in [2.05, 4.69) is 29.8 Å². The Bertz CT molecular complexity index is 431. The lowest BCUT2D eigenvalue weighted by molar-refractivity contribution is -2.00. The van der Waals surface area contributed by atoms with E-state index in [0.717, 1.165) is 0 Å². The van der Waals surface area contributed by atoms with Gasteiger partial charge in [-0.3, -0.25) is 0 Å². The summed E-state index contributed by atoms with van der Waals surface area (Å²) in [5.74, 6) is 0. The molecule has 82 valence electrons. The normalized spacial score (nSPS) is 11.0. The average Bonchev–Trinajstić information content (AvgIpc) is 2.47. The zero-order valence-corrected chi connectivity index (χ0v) is 10.0. The summed E-state index contributed by atoms with van der Waals surface area (Å²) in [6, 6.07) is 4.40. The number of halogens is 1. The zero-order valence-electron chi connectivity index (χ0n) is 7.64. The highest BCUT2D eigenvalue weighted by Crippen LogP contribution is 2.23. The van der Waals surface area contributed by atoms with Crippen LogP contribution in [0.15, 0.2) is 22.9 Å². The van der Waals surface area contributed by atoms with Crippen LogP contribution in [0.1, 0.15) is 4.88 Å². The molecule has 0 N–H and O–H groups in total. The molecule has 0 saturated heterocycles. The molecule has 0 bridgehead atoms. The van der Waals surface area contributed by atoms with Gasteiger partial charge in [-0.25, -0.2) is 18.6 Å². The first-order valence-corrected chi connectivity index (χ1v) is 6.73. The van der Waals surface area contributed by atoms with Crippen LogP contribution in [0, 0.1) is 17.2 Å². The van der Waals surface area contributed by atoms with E-state index in [4.69, 9.17) is 18.6 Å². The highest BCUT2D eigenvalue weighted by Gasteiger charge is 2.02. The predicted octanol–water partition coefficient (Wildman–Crippen LogP) is -1.20. The van der Waals surface area contributed by atoms with Gasteiger partial charge in [-0.15, -0.1) is 21.6 Å². The van der Waals surface area contributed by atoms with Gasteiger partial charge in [0.1, 0.15) is 0 Å². The van der Waals surface area contributed by atoms with Crippen molar-refractivity contribution in [3.63, 3.8) is 0 Å². The molecule has 2 aromatic rings. The zero-order chi connectivity index (χ0) is 11.5. The number of fused-ring (bicyclic) bond motifs is 1. The third-order valence-electron chi connectivity index (χ3n) is 1.43. The van der Waals surface area contributed by atoms with E-state index in [1.807, 2.05) is 22.7 Å². The molecule has 0 radical (unpaired) electrons. The molecule has 0 aliphatic heterocycles. The number of thiophene rings is 1. The van der Waals surface area contributed by atoms with Gasteiger partial charge in [-0.1, -0.05) is 0 Å². The first-order chi connectivity index (χ1) is 6.86. The molecule has 0 saturated carbocycles. The second-order valence-electron chi connectivity index (χ2n) is 2.61. The number of hydrogen-bond donors (Lipinski definition) is 0. The minimum Gasteiger partial charge on any atom is -0.222 e.